The first-order valence-corrected chi connectivity index (χ1v) is 4.44. The molecule has 0 aromatic heterocycles. The van der Waals surface area contributed by atoms with E-state index < -0.39 is 24.6 Å². The molecule has 0 saturated carbocycles. The molecule has 0 aliphatic rings. The highest BCUT2D eigenvalue weighted by Crippen LogP contribution is 1.98. The van der Waals surface area contributed by atoms with Crippen molar-refractivity contribution in [1.29, 1.82) is 0 Å². The summed E-state index contributed by atoms with van der Waals surface area (Å²) in [5.41, 5.74) is 0.222. The van der Waals surface area contributed by atoms with E-state index in [0.717, 1.165) is 6.08 Å². The lowest BCUT2D eigenvalue weighted by molar-refractivity contribution is -0.303. The Morgan fingerprint density at radius 3 is 2.56 bits per heavy atom. The van der Waals surface area contributed by atoms with Crippen molar-refractivity contribution in [3.05, 3.63) is 24.8 Å². The zero-order valence-electron chi connectivity index (χ0n) is 8.97. The number of rotatable bonds is 7. The van der Waals surface area contributed by atoms with Crippen LogP contribution in [-0.4, -0.2) is 36.4 Å². The van der Waals surface area contributed by atoms with Crippen molar-refractivity contribution in [2.45, 2.75) is 13.0 Å². The molecule has 0 aliphatic carbocycles. The quantitative estimate of drug-likeness (QED) is 0.290. The van der Waals surface area contributed by atoms with Gasteiger partial charge >= 0.3 is 11.9 Å². The molecular formula is C10H14O6. The fourth-order valence-electron chi connectivity index (χ4n) is 0.552. The standard InChI is InChI=1S/C10H14O6/c1-4-9(12)16-15-8(5-11)6-14-10(13)7(2)3/h4,8,11H,1-2,5-6H2,3H3. The summed E-state index contributed by atoms with van der Waals surface area (Å²) >= 11 is 0. The minimum Gasteiger partial charge on any atom is -0.459 e. The number of esters is 1. The second kappa shape index (κ2) is 7.61. The lowest BCUT2D eigenvalue weighted by Gasteiger charge is -2.13. The van der Waals surface area contributed by atoms with Crippen molar-refractivity contribution in [2.24, 2.45) is 0 Å². The van der Waals surface area contributed by atoms with Gasteiger partial charge in [-0.3, -0.25) is 4.89 Å². The van der Waals surface area contributed by atoms with Crippen LogP contribution < -0.4 is 0 Å². The molecule has 1 atom stereocenters. The summed E-state index contributed by atoms with van der Waals surface area (Å²) < 4.78 is 4.68. The first-order valence-electron chi connectivity index (χ1n) is 4.44. The van der Waals surface area contributed by atoms with E-state index in [9.17, 15) is 9.59 Å². The third-order valence-electron chi connectivity index (χ3n) is 1.39. The molecule has 0 fully saturated rings. The van der Waals surface area contributed by atoms with Gasteiger partial charge in [0.25, 0.3) is 0 Å². The van der Waals surface area contributed by atoms with Gasteiger partial charge in [-0.15, -0.1) is 0 Å². The van der Waals surface area contributed by atoms with Crippen molar-refractivity contribution in [3.8, 4) is 0 Å². The zero-order valence-corrected chi connectivity index (χ0v) is 8.97. The van der Waals surface area contributed by atoms with Crippen LogP contribution in [0.5, 0.6) is 0 Å². The third kappa shape index (κ3) is 5.94. The monoisotopic (exact) mass is 230 g/mol. The van der Waals surface area contributed by atoms with E-state index in [1.807, 2.05) is 0 Å². The van der Waals surface area contributed by atoms with Gasteiger partial charge in [-0.1, -0.05) is 13.2 Å². The van der Waals surface area contributed by atoms with Crippen LogP contribution in [0.25, 0.3) is 0 Å². The molecule has 0 spiro atoms. The molecule has 0 amide bonds. The highest BCUT2D eigenvalue weighted by molar-refractivity contribution is 5.86. The highest BCUT2D eigenvalue weighted by Gasteiger charge is 2.14. The zero-order chi connectivity index (χ0) is 12.6. The Morgan fingerprint density at radius 1 is 1.50 bits per heavy atom. The maximum Gasteiger partial charge on any atom is 0.365 e. The molecule has 0 aromatic rings. The summed E-state index contributed by atoms with van der Waals surface area (Å²) in [5, 5.41) is 8.81. The Bertz CT molecular complexity index is 283. The summed E-state index contributed by atoms with van der Waals surface area (Å²) in [6.45, 7) is 7.29. The minimum absolute atomic E-state index is 0.222. The predicted octanol–water partition coefficient (Wildman–Crippen LogP) is 0.127. The molecule has 0 heterocycles. The van der Waals surface area contributed by atoms with Gasteiger partial charge in [-0.25, -0.2) is 9.59 Å². The maximum atomic E-state index is 11.0. The maximum absolute atomic E-state index is 11.0. The molecule has 16 heavy (non-hydrogen) atoms. The SMILES string of the molecule is C=CC(=O)OOC(CO)COC(=O)C(=C)C. The Hall–Kier alpha value is -1.66. The number of hydrogen-bond acceptors (Lipinski definition) is 6. The van der Waals surface area contributed by atoms with Crippen molar-refractivity contribution < 1.29 is 29.2 Å². The van der Waals surface area contributed by atoms with Gasteiger partial charge < -0.3 is 9.84 Å². The van der Waals surface area contributed by atoms with Crippen LogP contribution in [0.3, 0.4) is 0 Å². The topological polar surface area (TPSA) is 82.1 Å². The molecule has 0 radical (unpaired) electrons. The number of carbonyl (C=O) groups is 2. The molecule has 0 rings (SSSR count). The first-order chi connectivity index (χ1) is 7.51. The van der Waals surface area contributed by atoms with E-state index in [2.05, 4.69) is 27.7 Å². The van der Waals surface area contributed by atoms with E-state index in [-0.39, 0.29) is 12.2 Å². The smallest absolute Gasteiger partial charge is 0.365 e. The van der Waals surface area contributed by atoms with Gasteiger partial charge in [-0.2, -0.15) is 4.89 Å². The molecule has 0 saturated heterocycles. The predicted molar refractivity (Wildman–Crippen MR) is 54.0 cm³/mol. The Kier molecular flexibility index (Phi) is 6.82. The van der Waals surface area contributed by atoms with Crippen LogP contribution >= 0.6 is 0 Å². The van der Waals surface area contributed by atoms with Crippen LogP contribution in [-0.2, 0) is 24.1 Å². The molecule has 1 unspecified atom stereocenters. The largest absolute Gasteiger partial charge is 0.459 e. The van der Waals surface area contributed by atoms with Crippen molar-refractivity contribution in [3.63, 3.8) is 0 Å². The van der Waals surface area contributed by atoms with Crippen LogP contribution in [0.4, 0.5) is 0 Å². The van der Waals surface area contributed by atoms with E-state index in [1.54, 1.807) is 0 Å². The fraction of sp³-hybridized carbons (Fsp3) is 0.400. The molecule has 0 aliphatic heterocycles. The van der Waals surface area contributed by atoms with E-state index >= 15 is 0 Å². The highest BCUT2D eigenvalue weighted by atomic mass is 17.2. The van der Waals surface area contributed by atoms with Crippen LogP contribution in [0, 0.1) is 0 Å². The summed E-state index contributed by atoms with van der Waals surface area (Å²) in [6, 6.07) is 0. The normalized spacial score (nSPS) is 11.4. The number of carbonyl (C=O) groups excluding carboxylic acids is 2. The van der Waals surface area contributed by atoms with E-state index in [4.69, 9.17) is 5.11 Å². The summed E-state index contributed by atoms with van der Waals surface area (Å²) in [5.74, 6) is -1.42. The van der Waals surface area contributed by atoms with E-state index in [1.165, 1.54) is 6.92 Å². The van der Waals surface area contributed by atoms with Crippen molar-refractivity contribution in [2.75, 3.05) is 13.2 Å². The van der Waals surface area contributed by atoms with Crippen molar-refractivity contribution in [1.82, 2.24) is 0 Å². The number of ether oxygens (including phenoxy) is 1. The average Bonchev–Trinajstić information content (AvgIpc) is 2.28. The molecule has 6 heteroatoms. The average molecular weight is 230 g/mol. The number of hydrogen-bond donors (Lipinski definition) is 1. The number of aliphatic hydroxyl groups excluding tert-OH is 1. The Balaban J connectivity index is 3.92. The lowest BCUT2D eigenvalue weighted by Crippen LogP contribution is -2.27. The van der Waals surface area contributed by atoms with Crippen molar-refractivity contribution >= 4 is 11.9 Å². The third-order valence-corrected chi connectivity index (χ3v) is 1.39. The molecule has 1 N–H and O–H groups in total. The Morgan fingerprint density at radius 2 is 2.12 bits per heavy atom. The van der Waals surface area contributed by atoms with Crippen LogP contribution in [0.1, 0.15) is 6.92 Å². The molecule has 0 bridgehead atoms. The second-order valence-electron chi connectivity index (χ2n) is 2.89. The second-order valence-corrected chi connectivity index (χ2v) is 2.89. The van der Waals surface area contributed by atoms with Gasteiger partial charge in [0.15, 0.2) is 6.10 Å². The van der Waals surface area contributed by atoms with Gasteiger partial charge in [0.2, 0.25) is 0 Å². The van der Waals surface area contributed by atoms with Crippen LogP contribution in [0.15, 0.2) is 24.8 Å². The molecule has 90 valence electrons. The van der Waals surface area contributed by atoms with Gasteiger partial charge in [0.05, 0.1) is 6.61 Å². The molecule has 6 nitrogen and oxygen atoms in total. The first kappa shape index (κ1) is 14.3. The summed E-state index contributed by atoms with van der Waals surface area (Å²) in [6.07, 6.45) is -0.0406. The molecular weight excluding hydrogens is 216 g/mol. The number of aliphatic hydroxyl groups is 1. The van der Waals surface area contributed by atoms with E-state index in [0.29, 0.717) is 0 Å². The summed E-state index contributed by atoms with van der Waals surface area (Å²) in [4.78, 5) is 30.3. The van der Waals surface area contributed by atoms with Gasteiger partial charge in [0.1, 0.15) is 6.61 Å². The van der Waals surface area contributed by atoms with Gasteiger partial charge in [-0.05, 0) is 6.92 Å². The molecule has 0 aromatic carbocycles. The minimum atomic E-state index is -0.938. The van der Waals surface area contributed by atoms with Crippen LogP contribution in [0.2, 0.25) is 0 Å². The van der Waals surface area contributed by atoms with Gasteiger partial charge in [0, 0.05) is 11.6 Å². The Labute approximate surface area is 93.0 Å². The fourth-order valence-corrected chi connectivity index (χ4v) is 0.552. The lowest BCUT2D eigenvalue weighted by atomic mass is 10.3. The summed E-state index contributed by atoms with van der Waals surface area (Å²) in [7, 11) is 0.